The summed E-state index contributed by atoms with van der Waals surface area (Å²) >= 11 is 0. The van der Waals surface area contributed by atoms with Crippen molar-refractivity contribution < 1.29 is 9.84 Å². The fourth-order valence-electron chi connectivity index (χ4n) is 1.94. The van der Waals surface area contributed by atoms with Crippen molar-refractivity contribution in [3.63, 3.8) is 0 Å². The molecule has 0 fully saturated rings. The van der Waals surface area contributed by atoms with Gasteiger partial charge in [0.2, 0.25) is 5.88 Å². The number of aromatic nitrogens is 1. The molecule has 0 radical (unpaired) electrons. The summed E-state index contributed by atoms with van der Waals surface area (Å²) in [7, 11) is 0. The quantitative estimate of drug-likeness (QED) is 0.731. The number of aliphatic hydroxyl groups is 1. The second kappa shape index (κ2) is 8.65. The van der Waals surface area contributed by atoms with Crippen LogP contribution in [-0.2, 0) is 0 Å². The first-order chi connectivity index (χ1) is 10.8. The standard InChI is InChI=1S/C17H19N3O2/c18-12-14-7-8-17(20-13-14)22-16-6-4-5-15(11-16)19-9-2-1-3-10-21/h4-8,11,13,19,21H,1-3,9-10H2. The van der Waals surface area contributed by atoms with Gasteiger partial charge in [-0.2, -0.15) is 5.26 Å². The minimum absolute atomic E-state index is 0.251. The number of aliphatic hydroxyl groups excluding tert-OH is 1. The van der Waals surface area contributed by atoms with E-state index in [1.807, 2.05) is 30.3 Å². The summed E-state index contributed by atoms with van der Waals surface area (Å²) in [5.41, 5.74) is 1.49. The summed E-state index contributed by atoms with van der Waals surface area (Å²) in [5.74, 6) is 1.15. The van der Waals surface area contributed by atoms with Crippen LogP contribution in [0.3, 0.4) is 0 Å². The second-order valence-corrected chi connectivity index (χ2v) is 4.84. The van der Waals surface area contributed by atoms with E-state index in [1.54, 1.807) is 12.1 Å². The van der Waals surface area contributed by atoms with E-state index in [9.17, 15) is 0 Å². The number of nitriles is 1. The molecular weight excluding hydrogens is 278 g/mol. The lowest BCUT2D eigenvalue weighted by atomic mass is 10.2. The number of hydrogen-bond donors (Lipinski definition) is 2. The Kier molecular flexibility index (Phi) is 6.21. The Morgan fingerprint density at radius 3 is 2.82 bits per heavy atom. The van der Waals surface area contributed by atoms with Gasteiger partial charge in [0.05, 0.1) is 5.56 Å². The molecule has 0 saturated carbocycles. The molecule has 1 aromatic heterocycles. The minimum atomic E-state index is 0.251. The fraction of sp³-hybridized carbons (Fsp3) is 0.294. The van der Waals surface area contributed by atoms with E-state index in [1.165, 1.54) is 6.20 Å². The normalized spacial score (nSPS) is 10.0. The zero-order valence-corrected chi connectivity index (χ0v) is 12.3. The number of ether oxygens (including phenoxy) is 1. The lowest BCUT2D eigenvalue weighted by Crippen LogP contribution is -2.01. The van der Waals surface area contributed by atoms with Crippen molar-refractivity contribution in [2.24, 2.45) is 0 Å². The van der Waals surface area contributed by atoms with Gasteiger partial charge in [-0.25, -0.2) is 4.98 Å². The fourth-order valence-corrected chi connectivity index (χ4v) is 1.94. The van der Waals surface area contributed by atoms with Crippen LogP contribution >= 0.6 is 0 Å². The van der Waals surface area contributed by atoms with Crippen LogP contribution in [0.25, 0.3) is 0 Å². The highest BCUT2D eigenvalue weighted by molar-refractivity contribution is 5.48. The Bertz CT molecular complexity index is 621. The summed E-state index contributed by atoms with van der Waals surface area (Å²) in [6.45, 7) is 1.11. The van der Waals surface area contributed by atoms with Crippen LogP contribution in [0.5, 0.6) is 11.6 Å². The molecule has 2 rings (SSSR count). The van der Waals surface area contributed by atoms with Crippen molar-refractivity contribution in [2.75, 3.05) is 18.5 Å². The lowest BCUT2D eigenvalue weighted by Gasteiger charge is -2.09. The van der Waals surface area contributed by atoms with Crippen LogP contribution in [0.1, 0.15) is 24.8 Å². The first-order valence-corrected chi connectivity index (χ1v) is 7.30. The molecule has 5 nitrogen and oxygen atoms in total. The predicted molar refractivity (Wildman–Crippen MR) is 84.9 cm³/mol. The molecular formula is C17H19N3O2. The Balaban J connectivity index is 1.89. The summed E-state index contributed by atoms with van der Waals surface area (Å²) in [6.07, 6.45) is 4.35. The van der Waals surface area contributed by atoms with E-state index in [-0.39, 0.29) is 6.61 Å². The Hall–Kier alpha value is -2.58. The molecule has 22 heavy (non-hydrogen) atoms. The molecule has 1 aromatic carbocycles. The Labute approximate surface area is 130 Å². The van der Waals surface area contributed by atoms with Gasteiger partial charge in [0.1, 0.15) is 11.8 Å². The third-order valence-electron chi connectivity index (χ3n) is 3.09. The number of pyridine rings is 1. The lowest BCUT2D eigenvalue weighted by molar-refractivity contribution is 0.283. The van der Waals surface area contributed by atoms with Gasteiger partial charge in [-0.15, -0.1) is 0 Å². The molecule has 1 heterocycles. The van der Waals surface area contributed by atoms with Gasteiger partial charge in [0, 0.05) is 37.2 Å². The van der Waals surface area contributed by atoms with Crippen molar-refractivity contribution in [2.45, 2.75) is 19.3 Å². The largest absolute Gasteiger partial charge is 0.439 e. The number of benzene rings is 1. The number of nitrogens with one attached hydrogen (secondary N) is 1. The van der Waals surface area contributed by atoms with E-state index in [0.717, 1.165) is 31.5 Å². The minimum Gasteiger partial charge on any atom is -0.439 e. The number of rotatable bonds is 8. The molecule has 0 aliphatic rings. The summed E-state index contributed by atoms with van der Waals surface area (Å²) in [4.78, 5) is 4.08. The molecule has 0 spiro atoms. The third kappa shape index (κ3) is 5.08. The highest BCUT2D eigenvalue weighted by atomic mass is 16.5. The smallest absolute Gasteiger partial charge is 0.219 e. The first kappa shape index (κ1) is 15.8. The second-order valence-electron chi connectivity index (χ2n) is 4.84. The molecule has 0 atom stereocenters. The maximum Gasteiger partial charge on any atom is 0.219 e. The molecule has 5 heteroatoms. The molecule has 0 saturated heterocycles. The molecule has 0 aliphatic carbocycles. The average molecular weight is 297 g/mol. The topological polar surface area (TPSA) is 78.2 Å². The van der Waals surface area contributed by atoms with Gasteiger partial charge < -0.3 is 15.2 Å². The number of hydrogen-bond acceptors (Lipinski definition) is 5. The van der Waals surface area contributed by atoms with Crippen molar-refractivity contribution in [1.82, 2.24) is 4.98 Å². The summed E-state index contributed by atoms with van der Waals surface area (Å²) < 4.78 is 5.67. The van der Waals surface area contributed by atoms with Gasteiger partial charge in [-0.1, -0.05) is 6.07 Å². The maximum absolute atomic E-state index is 8.74. The van der Waals surface area contributed by atoms with Crippen LogP contribution in [-0.4, -0.2) is 23.2 Å². The maximum atomic E-state index is 8.74. The highest BCUT2D eigenvalue weighted by Crippen LogP contribution is 2.22. The molecule has 0 aliphatic heterocycles. The van der Waals surface area contributed by atoms with E-state index >= 15 is 0 Å². The summed E-state index contributed by atoms with van der Waals surface area (Å²) in [5, 5.41) is 20.8. The van der Waals surface area contributed by atoms with Gasteiger partial charge in [0.25, 0.3) is 0 Å². The van der Waals surface area contributed by atoms with E-state index in [2.05, 4.69) is 10.3 Å². The molecule has 2 N–H and O–H groups in total. The number of anilines is 1. The van der Waals surface area contributed by atoms with Crippen molar-refractivity contribution >= 4 is 5.69 Å². The van der Waals surface area contributed by atoms with Crippen molar-refractivity contribution in [3.05, 3.63) is 48.2 Å². The van der Waals surface area contributed by atoms with Crippen LogP contribution in [0.4, 0.5) is 5.69 Å². The SMILES string of the molecule is N#Cc1ccc(Oc2cccc(NCCCCCO)c2)nc1. The average Bonchev–Trinajstić information content (AvgIpc) is 2.56. The van der Waals surface area contributed by atoms with Crippen LogP contribution in [0.15, 0.2) is 42.6 Å². The number of unbranched alkanes of at least 4 members (excludes halogenated alkanes) is 2. The third-order valence-corrected chi connectivity index (χ3v) is 3.09. The highest BCUT2D eigenvalue weighted by Gasteiger charge is 2.01. The van der Waals surface area contributed by atoms with Gasteiger partial charge >= 0.3 is 0 Å². The van der Waals surface area contributed by atoms with Gasteiger partial charge in [-0.05, 0) is 37.5 Å². The van der Waals surface area contributed by atoms with Gasteiger partial charge in [-0.3, -0.25) is 0 Å². The van der Waals surface area contributed by atoms with E-state index in [0.29, 0.717) is 17.2 Å². The molecule has 0 unspecified atom stereocenters. The number of nitrogens with zero attached hydrogens (tertiary/aromatic N) is 2. The first-order valence-electron chi connectivity index (χ1n) is 7.30. The van der Waals surface area contributed by atoms with E-state index < -0.39 is 0 Å². The molecule has 2 aromatic rings. The van der Waals surface area contributed by atoms with Gasteiger partial charge in [0.15, 0.2) is 0 Å². The monoisotopic (exact) mass is 297 g/mol. The molecule has 0 bridgehead atoms. The Morgan fingerprint density at radius 2 is 2.09 bits per heavy atom. The zero-order chi connectivity index (χ0) is 15.6. The van der Waals surface area contributed by atoms with Crippen LogP contribution in [0, 0.1) is 11.3 Å². The van der Waals surface area contributed by atoms with Crippen LogP contribution < -0.4 is 10.1 Å². The van der Waals surface area contributed by atoms with E-state index in [4.69, 9.17) is 15.1 Å². The summed E-state index contributed by atoms with van der Waals surface area (Å²) in [6, 6.07) is 13.0. The zero-order valence-electron chi connectivity index (χ0n) is 12.3. The predicted octanol–water partition coefficient (Wildman–Crippen LogP) is 3.32. The van der Waals surface area contributed by atoms with Crippen LogP contribution in [0.2, 0.25) is 0 Å². The van der Waals surface area contributed by atoms with Crippen molar-refractivity contribution in [1.29, 1.82) is 5.26 Å². The Morgan fingerprint density at radius 1 is 1.18 bits per heavy atom. The molecule has 0 amide bonds. The van der Waals surface area contributed by atoms with Crippen molar-refractivity contribution in [3.8, 4) is 17.7 Å². The molecule has 114 valence electrons.